The Hall–Kier alpha value is -2.83. The molecule has 0 saturated heterocycles. The Morgan fingerprint density at radius 1 is 0.808 bits per heavy atom. The van der Waals surface area contributed by atoms with Gasteiger partial charge in [-0.25, -0.2) is 13.6 Å². The number of carbonyl (C=O) groups excluding carboxylic acids is 1. The number of ether oxygens (including phenoxy) is 2. The van der Waals surface area contributed by atoms with E-state index in [9.17, 15) is 13.6 Å². The number of nitrogen functional groups attached to an aromatic ring is 2. The number of anilines is 2. The molecule has 2 rings (SSSR count). The van der Waals surface area contributed by atoms with Crippen LogP contribution in [0.5, 0.6) is 0 Å². The van der Waals surface area contributed by atoms with Crippen molar-refractivity contribution in [1.29, 1.82) is 0 Å². The zero-order valence-corrected chi connectivity index (χ0v) is 14.8. The van der Waals surface area contributed by atoms with Gasteiger partial charge >= 0.3 is 6.16 Å². The van der Waals surface area contributed by atoms with Gasteiger partial charge in [0.25, 0.3) is 0 Å². The highest BCUT2D eigenvalue weighted by Gasteiger charge is 2.13. The highest BCUT2D eigenvalue weighted by molar-refractivity contribution is 5.60. The normalized spacial score (nSPS) is 10.6. The van der Waals surface area contributed by atoms with Crippen molar-refractivity contribution in [3.8, 4) is 0 Å². The van der Waals surface area contributed by atoms with Crippen LogP contribution in [-0.2, 0) is 35.5 Å². The van der Waals surface area contributed by atoms with Crippen LogP contribution in [0.3, 0.4) is 0 Å². The van der Waals surface area contributed by atoms with Crippen LogP contribution in [0.25, 0.3) is 0 Å². The van der Waals surface area contributed by atoms with Gasteiger partial charge < -0.3 is 20.9 Å². The van der Waals surface area contributed by atoms with Crippen molar-refractivity contribution < 1.29 is 23.0 Å². The number of halogens is 2. The van der Waals surface area contributed by atoms with Gasteiger partial charge in [0.1, 0.15) is 24.8 Å². The van der Waals surface area contributed by atoms with Crippen molar-refractivity contribution in [3.05, 3.63) is 58.2 Å². The molecule has 7 heteroatoms. The second kappa shape index (κ2) is 8.51. The van der Waals surface area contributed by atoms with Gasteiger partial charge in [0, 0.05) is 0 Å². The average Bonchev–Trinajstić information content (AvgIpc) is 2.62. The summed E-state index contributed by atoms with van der Waals surface area (Å²) in [6.45, 7) is 3.55. The molecule has 0 heterocycles. The van der Waals surface area contributed by atoms with Gasteiger partial charge in [0.2, 0.25) is 0 Å². The fraction of sp³-hybridized carbons (Fsp3) is 0.316. The SMILES string of the molecule is CCc1cc(F)c(N)cc1COC(=O)OCc1cc(N)c(F)cc1CC. The Bertz CT molecular complexity index is 744. The maximum atomic E-state index is 13.5. The van der Waals surface area contributed by atoms with Crippen molar-refractivity contribution in [2.75, 3.05) is 11.5 Å². The number of rotatable bonds is 6. The van der Waals surface area contributed by atoms with Crippen molar-refractivity contribution in [1.82, 2.24) is 0 Å². The summed E-state index contributed by atoms with van der Waals surface area (Å²) in [5, 5.41) is 0. The van der Waals surface area contributed by atoms with Crippen molar-refractivity contribution in [3.63, 3.8) is 0 Å². The summed E-state index contributed by atoms with van der Waals surface area (Å²) in [6.07, 6.45) is 0.249. The first-order chi connectivity index (χ1) is 12.3. The van der Waals surface area contributed by atoms with Gasteiger partial charge in [-0.1, -0.05) is 13.8 Å². The molecule has 0 bridgehead atoms. The fourth-order valence-electron chi connectivity index (χ4n) is 2.60. The summed E-state index contributed by atoms with van der Waals surface area (Å²) in [7, 11) is 0. The highest BCUT2D eigenvalue weighted by Crippen LogP contribution is 2.21. The largest absolute Gasteiger partial charge is 0.508 e. The molecule has 26 heavy (non-hydrogen) atoms. The molecule has 0 fully saturated rings. The third kappa shape index (κ3) is 4.62. The van der Waals surface area contributed by atoms with Gasteiger partial charge in [-0.15, -0.1) is 0 Å². The van der Waals surface area contributed by atoms with Crippen LogP contribution < -0.4 is 11.5 Å². The number of hydrogen-bond donors (Lipinski definition) is 2. The predicted octanol–water partition coefficient (Wildman–Crippen LogP) is 4.11. The molecular weight excluding hydrogens is 342 g/mol. The molecule has 0 amide bonds. The fourth-order valence-corrected chi connectivity index (χ4v) is 2.60. The Balaban J connectivity index is 1.98. The molecule has 0 aliphatic rings. The summed E-state index contributed by atoms with van der Waals surface area (Å²) in [4.78, 5) is 11.8. The molecule has 0 spiro atoms. The van der Waals surface area contributed by atoms with Crippen LogP contribution in [0.1, 0.15) is 36.1 Å². The summed E-state index contributed by atoms with van der Waals surface area (Å²) in [6, 6.07) is 5.54. The summed E-state index contributed by atoms with van der Waals surface area (Å²) in [5.41, 5.74) is 13.7. The van der Waals surface area contributed by atoms with Crippen molar-refractivity contribution in [2.24, 2.45) is 0 Å². The van der Waals surface area contributed by atoms with E-state index in [1.165, 1.54) is 24.3 Å². The van der Waals surface area contributed by atoms with E-state index in [-0.39, 0.29) is 24.6 Å². The quantitative estimate of drug-likeness (QED) is 0.595. The molecule has 0 aliphatic carbocycles. The van der Waals surface area contributed by atoms with E-state index in [0.717, 1.165) is 0 Å². The van der Waals surface area contributed by atoms with Crippen LogP contribution >= 0.6 is 0 Å². The van der Waals surface area contributed by atoms with Crippen LogP contribution in [-0.4, -0.2) is 6.16 Å². The lowest BCUT2D eigenvalue weighted by molar-refractivity contribution is 0.0443. The average molecular weight is 364 g/mol. The molecule has 2 aromatic carbocycles. The molecule has 4 N–H and O–H groups in total. The lowest BCUT2D eigenvalue weighted by Crippen LogP contribution is -2.10. The number of hydrogen-bond acceptors (Lipinski definition) is 5. The Morgan fingerprint density at radius 2 is 1.19 bits per heavy atom. The maximum absolute atomic E-state index is 13.5. The van der Waals surface area contributed by atoms with Crippen LogP contribution in [0.4, 0.5) is 25.0 Å². The van der Waals surface area contributed by atoms with E-state index in [1.54, 1.807) is 0 Å². The topological polar surface area (TPSA) is 87.6 Å². The number of nitrogens with two attached hydrogens (primary N) is 2. The monoisotopic (exact) mass is 364 g/mol. The van der Waals surface area contributed by atoms with Gasteiger partial charge in [0.05, 0.1) is 11.4 Å². The zero-order valence-electron chi connectivity index (χ0n) is 14.8. The molecule has 0 radical (unpaired) electrons. The van der Waals surface area contributed by atoms with E-state index in [2.05, 4.69) is 0 Å². The van der Waals surface area contributed by atoms with Crippen molar-refractivity contribution >= 4 is 17.5 Å². The molecule has 0 atom stereocenters. The second-order valence-corrected chi connectivity index (χ2v) is 5.82. The van der Waals surface area contributed by atoms with Crippen molar-refractivity contribution in [2.45, 2.75) is 39.9 Å². The first kappa shape index (κ1) is 19.5. The number of aryl methyl sites for hydroxylation is 2. The Kier molecular flexibility index (Phi) is 6.38. The molecule has 0 aliphatic heterocycles. The predicted molar refractivity (Wildman–Crippen MR) is 95.4 cm³/mol. The number of carbonyl (C=O) groups is 1. The van der Waals surface area contributed by atoms with Gasteiger partial charge in [-0.05, 0) is 59.4 Å². The third-order valence-electron chi connectivity index (χ3n) is 4.09. The van der Waals surface area contributed by atoms with E-state index < -0.39 is 17.8 Å². The highest BCUT2D eigenvalue weighted by atomic mass is 19.1. The molecule has 5 nitrogen and oxygen atoms in total. The van der Waals surface area contributed by atoms with E-state index >= 15 is 0 Å². The van der Waals surface area contributed by atoms with E-state index in [1.807, 2.05) is 13.8 Å². The maximum Gasteiger partial charge on any atom is 0.508 e. The third-order valence-corrected chi connectivity index (χ3v) is 4.09. The van der Waals surface area contributed by atoms with E-state index in [4.69, 9.17) is 20.9 Å². The lowest BCUT2D eigenvalue weighted by atomic mass is 10.0. The smallest absolute Gasteiger partial charge is 0.429 e. The van der Waals surface area contributed by atoms with Crippen LogP contribution in [0, 0.1) is 11.6 Å². The lowest BCUT2D eigenvalue weighted by Gasteiger charge is -2.12. The summed E-state index contributed by atoms with van der Waals surface area (Å²) in [5.74, 6) is -1.01. The Labute approximate surface area is 150 Å². The minimum absolute atomic E-state index is 0.0106. The van der Waals surface area contributed by atoms with E-state index in [0.29, 0.717) is 35.1 Å². The van der Waals surface area contributed by atoms with Gasteiger partial charge in [0.15, 0.2) is 0 Å². The molecular formula is C19H22F2N2O3. The molecule has 140 valence electrons. The zero-order chi connectivity index (χ0) is 19.3. The van der Waals surface area contributed by atoms with Crippen LogP contribution in [0.2, 0.25) is 0 Å². The standard InChI is InChI=1S/C19H22F2N2O3/c1-3-11-5-15(20)17(22)7-13(11)9-25-19(24)26-10-14-8-18(23)16(21)6-12(14)4-2/h5-8H,3-4,9-10,22-23H2,1-2H3. The summed E-state index contributed by atoms with van der Waals surface area (Å²) >= 11 is 0. The van der Waals surface area contributed by atoms with Gasteiger partial charge in [-0.3, -0.25) is 0 Å². The molecule has 2 aromatic rings. The first-order valence-corrected chi connectivity index (χ1v) is 8.28. The summed E-state index contributed by atoms with van der Waals surface area (Å²) < 4.78 is 37.1. The Morgan fingerprint density at radius 3 is 1.54 bits per heavy atom. The molecule has 0 saturated carbocycles. The molecule has 0 unspecified atom stereocenters. The second-order valence-electron chi connectivity index (χ2n) is 5.82. The number of benzene rings is 2. The first-order valence-electron chi connectivity index (χ1n) is 8.28. The minimum atomic E-state index is -0.889. The van der Waals surface area contributed by atoms with Crippen LogP contribution in [0.15, 0.2) is 24.3 Å². The van der Waals surface area contributed by atoms with Gasteiger partial charge in [-0.2, -0.15) is 0 Å². The molecule has 0 aromatic heterocycles. The minimum Gasteiger partial charge on any atom is -0.429 e.